The lowest BCUT2D eigenvalue weighted by atomic mass is 9.86. The maximum absolute atomic E-state index is 12.3. The maximum Gasteiger partial charge on any atom is 0.410 e. The number of ether oxygens (including phenoxy) is 1. The van der Waals surface area contributed by atoms with Crippen LogP contribution in [0.1, 0.15) is 46.5 Å². The van der Waals surface area contributed by atoms with Crippen molar-refractivity contribution in [3.63, 3.8) is 0 Å². The summed E-state index contributed by atoms with van der Waals surface area (Å²) in [5.41, 5.74) is 5.45. The summed E-state index contributed by atoms with van der Waals surface area (Å²) in [6.07, 6.45) is 4.51. The molecule has 2 rings (SSSR count). The molecule has 1 heterocycles. The van der Waals surface area contributed by atoms with Crippen LogP contribution in [0.15, 0.2) is 0 Å². The van der Waals surface area contributed by atoms with Crippen molar-refractivity contribution < 1.29 is 9.53 Å². The van der Waals surface area contributed by atoms with Crippen LogP contribution in [-0.2, 0) is 4.74 Å². The Morgan fingerprint density at radius 2 is 2.00 bits per heavy atom. The smallest absolute Gasteiger partial charge is 0.410 e. The van der Waals surface area contributed by atoms with Gasteiger partial charge in [-0.3, -0.25) is 0 Å². The van der Waals surface area contributed by atoms with Crippen LogP contribution in [0.5, 0.6) is 0 Å². The number of piperidine rings is 1. The van der Waals surface area contributed by atoms with Crippen molar-refractivity contribution in [2.45, 2.75) is 58.1 Å². The van der Waals surface area contributed by atoms with Crippen molar-refractivity contribution in [3.8, 4) is 0 Å². The first-order valence-electron chi connectivity index (χ1n) is 7.12. The molecule has 2 atom stereocenters. The van der Waals surface area contributed by atoms with Crippen molar-refractivity contribution in [2.75, 3.05) is 13.1 Å². The Labute approximate surface area is 110 Å². The number of hydrogen-bond donors (Lipinski definition) is 1. The van der Waals surface area contributed by atoms with Gasteiger partial charge in [-0.25, -0.2) is 4.79 Å². The van der Waals surface area contributed by atoms with Gasteiger partial charge in [0, 0.05) is 12.6 Å². The molecule has 0 unspecified atom stereocenters. The van der Waals surface area contributed by atoms with Gasteiger partial charge in [0.2, 0.25) is 0 Å². The van der Waals surface area contributed by atoms with E-state index in [0.29, 0.717) is 24.4 Å². The van der Waals surface area contributed by atoms with Crippen LogP contribution in [0, 0.1) is 11.8 Å². The minimum Gasteiger partial charge on any atom is -0.444 e. The lowest BCUT2D eigenvalue weighted by Gasteiger charge is -2.41. The molecule has 2 N–H and O–H groups in total. The molecule has 1 saturated heterocycles. The van der Waals surface area contributed by atoms with Crippen LogP contribution in [0.25, 0.3) is 0 Å². The molecule has 1 saturated carbocycles. The number of carbonyl (C=O) groups is 1. The van der Waals surface area contributed by atoms with Crippen LogP contribution in [0.2, 0.25) is 0 Å². The molecule has 1 amide bonds. The van der Waals surface area contributed by atoms with Gasteiger partial charge in [0.05, 0.1) is 0 Å². The van der Waals surface area contributed by atoms with E-state index in [2.05, 4.69) is 0 Å². The summed E-state index contributed by atoms with van der Waals surface area (Å²) in [7, 11) is 0. The van der Waals surface area contributed by atoms with E-state index in [4.69, 9.17) is 10.5 Å². The van der Waals surface area contributed by atoms with E-state index in [1.165, 1.54) is 12.8 Å². The van der Waals surface area contributed by atoms with E-state index in [1.807, 2.05) is 25.7 Å². The van der Waals surface area contributed by atoms with E-state index in [1.54, 1.807) is 0 Å². The molecule has 0 aromatic heterocycles. The van der Waals surface area contributed by atoms with E-state index in [9.17, 15) is 4.79 Å². The number of nitrogens with two attached hydrogens (primary N) is 1. The molecule has 0 bridgehead atoms. The fourth-order valence-electron chi connectivity index (χ4n) is 2.97. The van der Waals surface area contributed by atoms with Crippen LogP contribution >= 0.6 is 0 Å². The van der Waals surface area contributed by atoms with Crippen molar-refractivity contribution in [2.24, 2.45) is 17.6 Å². The average molecular weight is 254 g/mol. The number of nitrogens with zero attached hydrogens (tertiary/aromatic N) is 1. The zero-order valence-electron chi connectivity index (χ0n) is 11.8. The number of hydrogen-bond acceptors (Lipinski definition) is 3. The van der Waals surface area contributed by atoms with Gasteiger partial charge >= 0.3 is 6.09 Å². The molecule has 2 fully saturated rings. The Balaban J connectivity index is 2.06. The minimum atomic E-state index is -0.416. The predicted octanol–water partition coefficient (Wildman–Crippen LogP) is 2.37. The van der Waals surface area contributed by atoms with E-state index >= 15 is 0 Å². The molecular weight excluding hydrogens is 228 g/mol. The molecule has 104 valence electrons. The summed E-state index contributed by atoms with van der Waals surface area (Å²) in [6, 6.07) is 0.318. The first-order chi connectivity index (χ1) is 8.42. The molecule has 4 nitrogen and oxygen atoms in total. The molecule has 1 aliphatic heterocycles. The van der Waals surface area contributed by atoms with E-state index in [0.717, 1.165) is 19.4 Å². The monoisotopic (exact) mass is 254 g/mol. The van der Waals surface area contributed by atoms with E-state index < -0.39 is 5.60 Å². The molecule has 1 aliphatic carbocycles. The highest BCUT2D eigenvalue weighted by Gasteiger charge is 2.44. The van der Waals surface area contributed by atoms with Crippen molar-refractivity contribution in [1.82, 2.24) is 4.90 Å². The first-order valence-corrected chi connectivity index (χ1v) is 7.12. The number of likely N-dealkylation sites (tertiary alicyclic amines) is 1. The lowest BCUT2D eigenvalue weighted by Crippen LogP contribution is -2.52. The highest BCUT2D eigenvalue weighted by molar-refractivity contribution is 5.69. The van der Waals surface area contributed by atoms with Gasteiger partial charge in [-0.1, -0.05) is 0 Å². The number of amides is 1. The second-order valence-electron chi connectivity index (χ2n) is 6.64. The van der Waals surface area contributed by atoms with Gasteiger partial charge in [-0.15, -0.1) is 0 Å². The fourth-order valence-corrected chi connectivity index (χ4v) is 2.97. The minimum absolute atomic E-state index is 0.155. The molecule has 0 radical (unpaired) electrons. The third-order valence-electron chi connectivity index (χ3n) is 3.85. The summed E-state index contributed by atoms with van der Waals surface area (Å²) in [6.45, 7) is 7.26. The zero-order valence-corrected chi connectivity index (χ0v) is 11.8. The Morgan fingerprint density at radius 3 is 2.50 bits per heavy atom. The molecular formula is C14H26N2O2. The van der Waals surface area contributed by atoms with Crippen LogP contribution < -0.4 is 5.73 Å². The van der Waals surface area contributed by atoms with Crippen LogP contribution in [0.4, 0.5) is 4.79 Å². The Hall–Kier alpha value is -0.770. The van der Waals surface area contributed by atoms with Crippen LogP contribution in [0.3, 0.4) is 0 Å². The molecule has 18 heavy (non-hydrogen) atoms. The molecule has 0 aromatic carbocycles. The second-order valence-corrected chi connectivity index (χ2v) is 6.64. The second kappa shape index (κ2) is 5.08. The third-order valence-corrected chi connectivity index (χ3v) is 3.85. The Morgan fingerprint density at radius 1 is 1.33 bits per heavy atom. The third kappa shape index (κ3) is 3.16. The zero-order chi connectivity index (χ0) is 13.3. The van der Waals surface area contributed by atoms with Crippen molar-refractivity contribution in [3.05, 3.63) is 0 Å². The SMILES string of the molecule is CC(C)(C)OC(=O)N1CCC[C@H](CN)[C@H]1C1CC1. The van der Waals surface area contributed by atoms with E-state index in [-0.39, 0.29) is 6.09 Å². The van der Waals surface area contributed by atoms with Gasteiger partial charge in [0.25, 0.3) is 0 Å². The summed E-state index contributed by atoms with van der Waals surface area (Å²) >= 11 is 0. The topological polar surface area (TPSA) is 55.6 Å². The molecule has 0 spiro atoms. The highest BCUT2D eigenvalue weighted by Crippen LogP contribution is 2.42. The van der Waals surface area contributed by atoms with Gasteiger partial charge in [0.15, 0.2) is 0 Å². The highest BCUT2D eigenvalue weighted by atomic mass is 16.6. The molecule has 2 aliphatic rings. The predicted molar refractivity (Wildman–Crippen MR) is 71.2 cm³/mol. The first kappa shape index (κ1) is 13.7. The summed E-state index contributed by atoms with van der Waals surface area (Å²) in [5.74, 6) is 1.12. The fraction of sp³-hybridized carbons (Fsp3) is 0.929. The molecule has 4 heteroatoms. The van der Waals surface area contributed by atoms with Gasteiger partial charge in [0.1, 0.15) is 5.60 Å². The quantitative estimate of drug-likeness (QED) is 0.823. The van der Waals surface area contributed by atoms with Gasteiger partial charge < -0.3 is 15.4 Å². The van der Waals surface area contributed by atoms with Crippen molar-refractivity contribution >= 4 is 6.09 Å². The number of carbonyl (C=O) groups excluding carboxylic acids is 1. The van der Waals surface area contributed by atoms with Crippen molar-refractivity contribution in [1.29, 1.82) is 0 Å². The maximum atomic E-state index is 12.3. The summed E-state index contributed by atoms with van der Waals surface area (Å²) in [5, 5.41) is 0. The number of rotatable bonds is 2. The summed E-state index contributed by atoms with van der Waals surface area (Å²) < 4.78 is 5.52. The largest absolute Gasteiger partial charge is 0.444 e. The average Bonchev–Trinajstić information content (AvgIpc) is 3.09. The molecule has 0 aromatic rings. The van der Waals surface area contributed by atoms with Gasteiger partial charge in [-0.2, -0.15) is 0 Å². The Bertz CT molecular complexity index is 307. The van der Waals surface area contributed by atoms with Gasteiger partial charge in [-0.05, 0) is 64.8 Å². The van der Waals surface area contributed by atoms with Crippen LogP contribution in [-0.4, -0.2) is 35.7 Å². The standard InChI is InChI=1S/C14H26N2O2/c1-14(2,3)18-13(17)16-8-4-5-11(9-15)12(16)10-6-7-10/h10-12H,4-9,15H2,1-3H3/t11-,12-/m1/s1. The Kier molecular flexibility index (Phi) is 3.85. The lowest BCUT2D eigenvalue weighted by molar-refractivity contribution is -0.00311. The summed E-state index contributed by atoms with van der Waals surface area (Å²) in [4.78, 5) is 14.2. The normalized spacial score (nSPS) is 29.2.